The maximum atomic E-state index is 12.1. The third-order valence-corrected chi connectivity index (χ3v) is 3.71. The van der Waals surface area contributed by atoms with Gasteiger partial charge in [-0.3, -0.25) is 14.4 Å². The van der Waals surface area contributed by atoms with E-state index in [2.05, 4.69) is 17.6 Å². The van der Waals surface area contributed by atoms with E-state index in [1.807, 2.05) is 6.92 Å². The molecule has 0 bridgehead atoms. The fourth-order valence-electron chi connectivity index (χ4n) is 2.28. The number of benzene rings is 1. The van der Waals surface area contributed by atoms with Gasteiger partial charge in [-0.2, -0.15) is 0 Å². The van der Waals surface area contributed by atoms with Crippen molar-refractivity contribution in [3.8, 4) is 0 Å². The highest BCUT2D eigenvalue weighted by Crippen LogP contribution is 2.10. The van der Waals surface area contributed by atoms with Crippen molar-refractivity contribution < 1.29 is 9.59 Å². The van der Waals surface area contributed by atoms with Crippen LogP contribution in [0.15, 0.2) is 47.4 Å². The van der Waals surface area contributed by atoms with Crippen LogP contribution in [0.5, 0.6) is 0 Å². The molecule has 0 saturated carbocycles. The highest BCUT2D eigenvalue weighted by molar-refractivity contribution is 5.95. The first-order valence-electron chi connectivity index (χ1n) is 8.35. The largest absolute Gasteiger partial charge is 0.352 e. The maximum absolute atomic E-state index is 12.1. The highest BCUT2D eigenvalue weighted by Gasteiger charge is 2.07. The monoisotopic (exact) mass is 341 g/mol. The molecule has 1 aromatic carbocycles. The number of rotatable bonds is 7. The SMILES string of the molecule is CCCCNC(=O)c1ccc(NC(=O)Cn2ccc(C)cc2=O)cc1. The minimum atomic E-state index is -0.300. The van der Waals surface area contributed by atoms with Crippen LogP contribution in [0.1, 0.15) is 35.7 Å². The molecule has 6 nitrogen and oxygen atoms in total. The molecular weight excluding hydrogens is 318 g/mol. The van der Waals surface area contributed by atoms with Gasteiger partial charge in [-0.05, 0) is 49.2 Å². The van der Waals surface area contributed by atoms with E-state index >= 15 is 0 Å². The first kappa shape index (κ1) is 18.4. The first-order chi connectivity index (χ1) is 12.0. The first-order valence-corrected chi connectivity index (χ1v) is 8.35. The van der Waals surface area contributed by atoms with Crippen molar-refractivity contribution in [3.05, 3.63) is 64.1 Å². The Morgan fingerprint density at radius 3 is 2.48 bits per heavy atom. The molecule has 2 N–H and O–H groups in total. The fourth-order valence-corrected chi connectivity index (χ4v) is 2.28. The second-order valence-corrected chi connectivity index (χ2v) is 5.91. The summed E-state index contributed by atoms with van der Waals surface area (Å²) in [5.41, 5.74) is 1.77. The predicted molar refractivity (Wildman–Crippen MR) is 97.8 cm³/mol. The molecule has 2 rings (SSSR count). The average molecular weight is 341 g/mol. The van der Waals surface area contributed by atoms with E-state index in [1.54, 1.807) is 36.5 Å². The standard InChI is InChI=1S/C19H23N3O3/c1-3-4-10-20-19(25)15-5-7-16(8-6-15)21-17(23)13-22-11-9-14(2)12-18(22)24/h5-9,11-12H,3-4,10,13H2,1-2H3,(H,20,25)(H,21,23). The Hall–Kier alpha value is -2.89. The summed E-state index contributed by atoms with van der Waals surface area (Å²) in [4.78, 5) is 35.8. The molecule has 1 aromatic heterocycles. The summed E-state index contributed by atoms with van der Waals surface area (Å²) in [6.45, 7) is 4.48. The van der Waals surface area contributed by atoms with Gasteiger partial charge in [0.25, 0.3) is 11.5 Å². The number of hydrogen-bond acceptors (Lipinski definition) is 3. The van der Waals surface area contributed by atoms with Crippen molar-refractivity contribution >= 4 is 17.5 Å². The number of aromatic nitrogens is 1. The number of carbonyl (C=O) groups excluding carboxylic acids is 2. The Morgan fingerprint density at radius 2 is 1.84 bits per heavy atom. The lowest BCUT2D eigenvalue weighted by Crippen LogP contribution is -2.27. The third kappa shape index (κ3) is 5.60. The number of nitrogens with one attached hydrogen (secondary N) is 2. The number of aryl methyl sites for hydroxylation is 1. The Balaban J connectivity index is 1.93. The van der Waals surface area contributed by atoms with E-state index in [0.717, 1.165) is 18.4 Å². The van der Waals surface area contributed by atoms with Crippen LogP contribution in [0.25, 0.3) is 0 Å². The number of anilines is 1. The Bertz CT molecular complexity index is 794. The second kappa shape index (κ2) is 8.82. The van der Waals surface area contributed by atoms with Crippen LogP contribution < -0.4 is 16.2 Å². The molecule has 2 amide bonds. The van der Waals surface area contributed by atoms with Gasteiger partial charge in [0.1, 0.15) is 6.54 Å². The molecule has 0 aliphatic rings. The van der Waals surface area contributed by atoms with Crippen molar-refractivity contribution in [3.63, 3.8) is 0 Å². The molecule has 0 spiro atoms. The van der Waals surface area contributed by atoms with Crippen molar-refractivity contribution in [1.82, 2.24) is 9.88 Å². The Morgan fingerprint density at radius 1 is 1.12 bits per heavy atom. The topological polar surface area (TPSA) is 80.2 Å². The summed E-state index contributed by atoms with van der Waals surface area (Å²) in [6.07, 6.45) is 3.56. The zero-order valence-corrected chi connectivity index (χ0v) is 14.5. The summed E-state index contributed by atoms with van der Waals surface area (Å²) in [5.74, 6) is -0.427. The molecule has 0 aliphatic carbocycles. The normalized spacial score (nSPS) is 10.3. The molecular formula is C19H23N3O3. The van der Waals surface area contributed by atoms with Crippen LogP contribution in [-0.4, -0.2) is 22.9 Å². The van der Waals surface area contributed by atoms with Crippen molar-refractivity contribution in [2.75, 3.05) is 11.9 Å². The number of pyridine rings is 1. The lowest BCUT2D eigenvalue weighted by atomic mass is 10.2. The summed E-state index contributed by atoms with van der Waals surface area (Å²) in [6, 6.07) is 9.93. The Labute approximate surface area is 146 Å². The molecule has 132 valence electrons. The van der Waals surface area contributed by atoms with E-state index in [1.165, 1.54) is 10.6 Å². The summed E-state index contributed by atoms with van der Waals surface area (Å²) in [5, 5.41) is 5.56. The minimum Gasteiger partial charge on any atom is -0.352 e. The number of hydrogen-bond donors (Lipinski definition) is 2. The minimum absolute atomic E-state index is 0.0572. The van der Waals surface area contributed by atoms with Gasteiger partial charge in [0, 0.05) is 30.1 Å². The van der Waals surface area contributed by atoms with Gasteiger partial charge in [-0.1, -0.05) is 13.3 Å². The molecule has 0 atom stereocenters. The number of nitrogens with zero attached hydrogens (tertiary/aromatic N) is 1. The number of amides is 2. The second-order valence-electron chi connectivity index (χ2n) is 5.91. The van der Waals surface area contributed by atoms with Gasteiger partial charge in [-0.25, -0.2) is 0 Å². The predicted octanol–water partition coefficient (Wildman–Crippen LogP) is 2.33. The molecule has 6 heteroatoms. The zero-order valence-electron chi connectivity index (χ0n) is 14.5. The summed E-state index contributed by atoms with van der Waals surface area (Å²) < 4.78 is 1.35. The van der Waals surface area contributed by atoms with E-state index in [4.69, 9.17) is 0 Å². The maximum Gasteiger partial charge on any atom is 0.251 e. The number of carbonyl (C=O) groups is 2. The quantitative estimate of drug-likeness (QED) is 0.759. The highest BCUT2D eigenvalue weighted by atomic mass is 16.2. The zero-order chi connectivity index (χ0) is 18.2. The molecule has 0 fully saturated rings. The summed E-state index contributed by atoms with van der Waals surface area (Å²) in [7, 11) is 0. The molecule has 1 heterocycles. The third-order valence-electron chi connectivity index (χ3n) is 3.71. The van der Waals surface area contributed by atoms with Gasteiger partial charge in [-0.15, -0.1) is 0 Å². The molecule has 0 radical (unpaired) electrons. The van der Waals surface area contributed by atoms with E-state index in [-0.39, 0.29) is 23.9 Å². The molecule has 2 aromatic rings. The van der Waals surface area contributed by atoms with E-state index < -0.39 is 0 Å². The molecule has 0 aliphatic heterocycles. The van der Waals surface area contributed by atoms with Crippen molar-refractivity contribution in [2.45, 2.75) is 33.2 Å². The molecule has 0 saturated heterocycles. The molecule has 0 unspecified atom stereocenters. The van der Waals surface area contributed by atoms with Gasteiger partial charge in [0.2, 0.25) is 5.91 Å². The van der Waals surface area contributed by atoms with Crippen LogP contribution >= 0.6 is 0 Å². The summed E-state index contributed by atoms with van der Waals surface area (Å²) >= 11 is 0. The Kier molecular flexibility index (Phi) is 6.51. The van der Waals surface area contributed by atoms with E-state index in [0.29, 0.717) is 17.8 Å². The van der Waals surface area contributed by atoms with Gasteiger partial charge < -0.3 is 15.2 Å². The van der Waals surface area contributed by atoms with Crippen LogP contribution in [0.2, 0.25) is 0 Å². The smallest absolute Gasteiger partial charge is 0.251 e. The van der Waals surface area contributed by atoms with Gasteiger partial charge in [0.15, 0.2) is 0 Å². The lowest BCUT2D eigenvalue weighted by molar-refractivity contribution is -0.116. The van der Waals surface area contributed by atoms with Gasteiger partial charge in [0.05, 0.1) is 0 Å². The lowest BCUT2D eigenvalue weighted by Gasteiger charge is -2.09. The van der Waals surface area contributed by atoms with Crippen molar-refractivity contribution in [1.29, 1.82) is 0 Å². The van der Waals surface area contributed by atoms with Gasteiger partial charge >= 0.3 is 0 Å². The van der Waals surface area contributed by atoms with Crippen molar-refractivity contribution in [2.24, 2.45) is 0 Å². The molecule has 25 heavy (non-hydrogen) atoms. The van der Waals surface area contributed by atoms with Crippen LogP contribution in [0, 0.1) is 6.92 Å². The fraction of sp³-hybridized carbons (Fsp3) is 0.316. The van der Waals surface area contributed by atoms with Crippen LogP contribution in [0.4, 0.5) is 5.69 Å². The number of unbranched alkanes of at least 4 members (excludes halogenated alkanes) is 1. The average Bonchev–Trinajstić information content (AvgIpc) is 2.58. The van der Waals surface area contributed by atoms with E-state index in [9.17, 15) is 14.4 Å². The van der Waals surface area contributed by atoms with Crippen LogP contribution in [0.3, 0.4) is 0 Å². The van der Waals surface area contributed by atoms with Crippen LogP contribution in [-0.2, 0) is 11.3 Å².